The number of hydrogen-bond donors (Lipinski definition) is 1. The van der Waals surface area contributed by atoms with E-state index in [-0.39, 0.29) is 4.90 Å². The smallest absolute Gasteiger partial charge is 0.243 e. The van der Waals surface area contributed by atoms with Crippen LogP contribution in [0.1, 0.15) is 25.0 Å². The number of rotatable bonds is 8. The number of hydrogen-bond acceptors (Lipinski definition) is 4. The van der Waals surface area contributed by atoms with Crippen LogP contribution < -0.4 is 5.32 Å². The Kier molecular flexibility index (Phi) is 9.02. The van der Waals surface area contributed by atoms with E-state index in [9.17, 15) is 8.42 Å². The van der Waals surface area contributed by atoms with Crippen molar-refractivity contribution in [3.05, 3.63) is 65.7 Å². The van der Waals surface area contributed by atoms with Crippen molar-refractivity contribution in [2.24, 2.45) is 0 Å². The largest absolute Gasteiger partial charge is 0.346 e. The van der Waals surface area contributed by atoms with Crippen molar-refractivity contribution in [3.8, 4) is 0 Å². The molecule has 33 heavy (non-hydrogen) atoms. The fourth-order valence-corrected chi connectivity index (χ4v) is 5.62. The van der Waals surface area contributed by atoms with Crippen molar-refractivity contribution in [1.29, 1.82) is 0 Å². The lowest BCUT2D eigenvalue weighted by molar-refractivity contribution is 0.200. The quantitative estimate of drug-likeness (QED) is 0.568. The molecule has 1 heterocycles. The Morgan fingerprint density at radius 1 is 1.06 bits per heavy atom. The first-order valence-electron chi connectivity index (χ1n) is 11.5. The Morgan fingerprint density at radius 3 is 2.36 bits per heavy atom. The van der Waals surface area contributed by atoms with E-state index in [0.717, 1.165) is 44.0 Å². The van der Waals surface area contributed by atoms with Crippen LogP contribution in [0.3, 0.4) is 0 Å². The van der Waals surface area contributed by atoms with Crippen LogP contribution in [0.4, 0.5) is 5.69 Å². The fraction of sp³-hybridized carbons (Fsp3) is 0.400. The van der Waals surface area contributed by atoms with E-state index in [1.807, 2.05) is 45.0 Å². The van der Waals surface area contributed by atoms with Gasteiger partial charge in [-0.05, 0) is 42.4 Å². The Labute approximate surface area is 203 Å². The standard InChI is InChI=1S/C25H34N4O2S2/c1-4-29(5-2)33(30,31)23-14-13-21(3)24(20-23)26-25(32)28-18-16-27(17-19-28)15-9-12-22-10-7-6-8-11-22/h6-14,20H,4-5,15-19H2,1-3H3,(H,26,32)/b12-9+. The van der Waals surface area contributed by atoms with Crippen LogP contribution in [0, 0.1) is 6.92 Å². The van der Waals surface area contributed by atoms with Crippen LogP contribution in [0.2, 0.25) is 0 Å². The highest BCUT2D eigenvalue weighted by Crippen LogP contribution is 2.23. The van der Waals surface area contributed by atoms with E-state index >= 15 is 0 Å². The molecule has 0 aromatic heterocycles. The Bertz CT molecular complexity index is 1060. The van der Waals surface area contributed by atoms with E-state index in [1.54, 1.807) is 12.1 Å². The second-order valence-corrected chi connectivity index (χ2v) is 10.4. The Morgan fingerprint density at radius 2 is 1.73 bits per heavy atom. The highest BCUT2D eigenvalue weighted by Gasteiger charge is 2.23. The zero-order valence-electron chi connectivity index (χ0n) is 19.7. The molecular weight excluding hydrogens is 452 g/mol. The van der Waals surface area contributed by atoms with Crippen LogP contribution in [-0.2, 0) is 10.0 Å². The number of piperazine rings is 1. The third kappa shape index (κ3) is 6.63. The molecule has 1 aliphatic heterocycles. The van der Waals surface area contributed by atoms with Gasteiger partial charge in [0.15, 0.2) is 5.11 Å². The first-order valence-corrected chi connectivity index (χ1v) is 13.3. The maximum Gasteiger partial charge on any atom is 0.243 e. The van der Waals surface area contributed by atoms with Gasteiger partial charge in [-0.25, -0.2) is 8.42 Å². The molecule has 1 aliphatic rings. The van der Waals surface area contributed by atoms with Crippen LogP contribution in [0.25, 0.3) is 6.08 Å². The van der Waals surface area contributed by atoms with E-state index < -0.39 is 10.0 Å². The minimum atomic E-state index is -3.51. The maximum absolute atomic E-state index is 12.9. The summed E-state index contributed by atoms with van der Waals surface area (Å²) in [5, 5.41) is 3.92. The van der Waals surface area contributed by atoms with Gasteiger partial charge in [0.1, 0.15) is 0 Å². The number of nitrogens with one attached hydrogen (secondary N) is 1. The molecular formula is C25H34N4O2S2. The molecule has 0 radical (unpaired) electrons. The lowest BCUT2D eigenvalue weighted by atomic mass is 10.2. The zero-order valence-corrected chi connectivity index (χ0v) is 21.3. The van der Waals surface area contributed by atoms with E-state index in [4.69, 9.17) is 12.2 Å². The molecule has 2 aromatic rings. The van der Waals surface area contributed by atoms with E-state index in [2.05, 4.69) is 39.4 Å². The van der Waals surface area contributed by atoms with Crippen molar-refractivity contribution in [2.45, 2.75) is 25.7 Å². The highest BCUT2D eigenvalue weighted by atomic mass is 32.2. The molecule has 0 atom stereocenters. The molecule has 178 valence electrons. The fourth-order valence-electron chi connectivity index (χ4n) is 3.84. The first-order chi connectivity index (χ1) is 15.8. The summed E-state index contributed by atoms with van der Waals surface area (Å²) < 4.78 is 27.3. The molecule has 0 amide bonds. The van der Waals surface area contributed by atoms with Crippen molar-refractivity contribution in [2.75, 3.05) is 51.1 Å². The van der Waals surface area contributed by atoms with Crippen LogP contribution >= 0.6 is 12.2 Å². The SMILES string of the molecule is CCN(CC)S(=O)(=O)c1ccc(C)c(NC(=S)N2CCN(C/C=C/c3ccccc3)CC2)c1. The number of sulfonamides is 1. The third-order valence-corrected chi connectivity index (χ3v) is 8.33. The average Bonchev–Trinajstić information content (AvgIpc) is 2.82. The first kappa shape index (κ1) is 25.4. The lowest BCUT2D eigenvalue weighted by Crippen LogP contribution is -2.49. The van der Waals surface area contributed by atoms with E-state index in [1.165, 1.54) is 9.87 Å². The molecule has 1 saturated heterocycles. The summed E-state index contributed by atoms with van der Waals surface area (Å²) in [5.74, 6) is 0. The molecule has 0 aliphatic carbocycles. The summed E-state index contributed by atoms with van der Waals surface area (Å²) in [6, 6.07) is 15.5. The molecule has 6 nitrogen and oxygen atoms in total. The maximum atomic E-state index is 12.9. The monoisotopic (exact) mass is 486 g/mol. The summed E-state index contributed by atoms with van der Waals surface area (Å²) >= 11 is 5.66. The Balaban J connectivity index is 1.57. The molecule has 0 unspecified atom stereocenters. The minimum absolute atomic E-state index is 0.289. The highest BCUT2D eigenvalue weighted by molar-refractivity contribution is 7.89. The van der Waals surface area contributed by atoms with Gasteiger partial charge in [0.2, 0.25) is 10.0 Å². The van der Waals surface area contributed by atoms with Gasteiger partial charge in [-0.2, -0.15) is 4.31 Å². The second kappa shape index (κ2) is 11.7. The molecule has 1 fully saturated rings. The van der Waals surface area contributed by atoms with Crippen LogP contribution in [-0.4, -0.2) is 73.4 Å². The average molecular weight is 487 g/mol. The second-order valence-electron chi connectivity index (χ2n) is 8.10. The molecule has 1 N–H and O–H groups in total. The predicted octanol–water partition coefficient (Wildman–Crippen LogP) is 4.05. The van der Waals surface area contributed by atoms with Gasteiger partial charge in [-0.1, -0.05) is 62.4 Å². The topological polar surface area (TPSA) is 55.9 Å². The molecule has 0 spiro atoms. The molecule has 8 heteroatoms. The van der Waals surface area contributed by atoms with Gasteiger partial charge in [0, 0.05) is 51.5 Å². The van der Waals surface area contributed by atoms with Gasteiger partial charge in [-0.15, -0.1) is 0 Å². The van der Waals surface area contributed by atoms with Crippen LogP contribution in [0.15, 0.2) is 59.5 Å². The van der Waals surface area contributed by atoms with Gasteiger partial charge in [-0.3, -0.25) is 4.90 Å². The van der Waals surface area contributed by atoms with Crippen molar-refractivity contribution >= 4 is 39.1 Å². The van der Waals surface area contributed by atoms with Gasteiger partial charge in [0.05, 0.1) is 4.90 Å². The van der Waals surface area contributed by atoms with Gasteiger partial charge >= 0.3 is 0 Å². The van der Waals surface area contributed by atoms with E-state index in [0.29, 0.717) is 18.2 Å². The zero-order chi connectivity index (χ0) is 23.8. The molecule has 0 saturated carbocycles. The molecule has 2 aromatic carbocycles. The number of benzene rings is 2. The number of nitrogens with zero attached hydrogens (tertiary/aromatic N) is 3. The summed E-state index contributed by atoms with van der Waals surface area (Å²) in [6.45, 7) is 11.0. The number of thiocarbonyl (C=S) groups is 1. The van der Waals surface area contributed by atoms with Gasteiger partial charge < -0.3 is 10.2 Å². The molecule has 3 rings (SSSR count). The summed E-state index contributed by atoms with van der Waals surface area (Å²) in [7, 11) is -3.51. The van der Waals surface area contributed by atoms with Crippen molar-refractivity contribution < 1.29 is 8.42 Å². The lowest BCUT2D eigenvalue weighted by Gasteiger charge is -2.36. The number of aryl methyl sites for hydroxylation is 1. The minimum Gasteiger partial charge on any atom is -0.346 e. The summed E-state index contributed by atoms with van der Waals surface area (Å²) in [6.07, 6.45) is 4.35. The number of anilines is 1. The van der Waals surface area contributed by atoms with Crippen molar-refractivity contribution in [1.82, 2.24) is 14.1 Å². The Hall–Kier alpha value is -2.26. The normalized spacial score (nSPS) is 15.3. The van der Waals surface area contributed by atoms with Crippen LogP contribution in [0.5, 0.6) is 0 Å². The third-order valence-electron chi connectivity index (χ3n) is 5.93. The molecule has 0 bridgehead atoms. The van der Waals surface area contributed by atoms with Gasteiger partial charge in [0.25, 0.3) is 0 Å². The summed E-state index contributed by atoms with van der Waals surface area (Å²) in [5.41, 5.74) is 2.91. The predicted molar refractivity (Wildman–Crippen MR) is 141 cm³/mol. The summed E-state index contributed by atoms with van der Waals surface area (Å²) in [4.78, 5) is 4.84. The van der Waals surface area contributed by atoms with Crippen molar-refractivity contribution in [3.63, 3.8) is 0 Å².